The Hall–Kier alpha value is -2.83. The van der Waals surface area contributed by atoms with E-state index in [2.05, 4.69) is 15.7 Å². The van der Waals surface area contributed by atoms with Crippen LogP contribution in [0.5, 0.6) is 11.5 Å². The molecule has 1 fully saturated rings. The molecule has 7 heteroatoms. The summed E-state index contributed by atoms with van der Waals surface area (Å²) < 4.78 is 7.68. The molecule has 1 aliphatic heterocycles. The Labute approximate surface area is 176 Å². The second-order valence-electron chi connectivity index (χ2n) is 6.92. The van der Waals surface area contributed by atoms with E-state index in [4.69, 9.17) is 4.74 Å². The molecule has 152 valence electrons. The molecule has 1 saturated heterocycles. The number of carbonyl (C=O) groups is 1. The Morgan fingerprint density at radius 1 is 1.10 bits per heavy atom. The fourth-order valence-electron chi connectivity index (χ4n) is 3.29. The highest BCUT2D eigenvalue weighted by Crippen LogP contribution is 2.21. The Morgan fingerprint density at radius 2 is 1.86 bits per heavy atom. The Morgan fingerprint density at radius 3 is 2.59 bits per heavy atom. The summed E-state index contributed by atoms with van der Waals surface area (Å²) in [6, 6.07) is 19.5. The maximum absolute atomic E-state index is 12.4. The lowest BCUT2D eigenvalue weighted by molar-refractivity contribution is 0.0944. The second kappa shape index (κ2) is 10.1. The van der Waals surface area contributed by atoms with Gasteiger partial charge in [0.05, 0.1) is 6.04 Å². The third-order valence-corrected chi connectivity index (χ3v) is 4.84. The molecule has 6 nitrogen and oxygen atoms in total. The third kappa shape index (κ3) is 5.59. The number of benzene rings is 2. The molecule has 2 heterocycles. The van der Waals surface area contributed by atoms with Gasteiger partial charge in [-0.1, -0.05) is 30.3 Å². The van der Waals surface area contributed by atoms with Crippen molar-refractivity contribution in [2.24, 2.45) is 0 Å². The predicted molar refractivity (Wildman–Crippen MR) is 115 cm³/mol. The SMILES string of the molecule is Cl.O=C(NCc1ccc(Oc2ccccc2)cc1)c1ccn(C2CCCNC2)n1. The average molecular weight is 413 g/mol. The first-order valence-electron chi connectivity index (χ1n) is 9.64. The van der Waals surface area contributed by atoms with Crippen LogP contribution in [0.1, 0.15) is 34.9 Å². The number of piperidine rings is 1. The number of hydrogen-bond donors (Lipinski definition) is 2. The van der Waals surface area contributed by atoms with Crippen LogP contribution in [0.25, 0.3) is 0 Å². The van der Waals surface area contributed by atoms with Crippen molar-refractivity contribution in [3.8, 4) is 11.5 Å². The lowest BCUT2D eigenvalue weighted by Gasteiger charge is -2.22. The van der Waals surface area contributed by atoms with Gasteiger partial charge in [0, 0.05) is 19.3 Å². The number of amides is 1. The van der Waals surface area contributed by atoms with E-state index in [9.17, 15) is 4.79 Å². The van der Waals surface area contributed by atoms with E-state index < -0.39 is 0 Å². The highest BCUT2D eigenvalue weighted by molar-refractivity contribution is 5.92. The minimum atomic E-state index is -0.160. The Balaban J connectivity index is 0.00000240. The summed E-state index contributed by atoms with van der Waals surface area (Å²) in [5.74, 6) is 1.40. The monoisotopic (exact) mass is 412 g/mol. The number of aromatic nitrogens is 2. The van der Waals surface area contributed by atoms with Gasteiger partial charge in [-0.15, -0.1) is 12.4 Å². The summed E-state index contributed by atoms with van der Waals surface area (Å²) in [4.78, 5) is 12.4. The van der Waals surface area contributed by atoms with Crippen LogP contribution in [0.2, 0.25) is 0 Å². The number of nitrogens with one attached hydrogen (secondary N) is 2. The van der Waals surface area contributed by atoms with E-state index >= 15 is 0 Å². The molecule has 0 bridgehead atoms. The van der Waals surface area contributed by atoms with Gasteiger partial charge in [0.25, 0.3) is 5.91 Å². The van der Waals surface area contributed by atoms with Gasteiger partial charge in [0.15, 0.2) is 0 Å². The molecule has 1 atom stereocenters. The molecule has 3 aromatic rings. The molecule has 1 unspecified atom stereocenters. The largest absolute Gasteiger partial charge is 0.457 e. The first-order chi connectivity index (χ1) is 13.8. The normalized spacial score (nSPS) is 15.9. The van der Waals surface area contributed by atoms with E-state index in [1.807, 2.05) is 65.5 Å². The molecule has 0 aliphatic carbocycles. The van der Waals surface area contributed by atoms with Crippen LogP contribution in [-0.2, 0) is 6.54 Å². The lowest BCUT2D eigenvalue weighted by atomic mass is 10.1. The van der Waals surface area contributed by atoms with Crippen molar-refractivity contribution in [3.05, 3.63) is 78.1 Å². The van der Waals surface area contributed by atoms with E-state index in [0.717, 1.165) is 43.0 Å². The van der Waals surface area contributed by atoms with Crippen molar-refractivity contribution >= 4 is 18.3 Å². The van der Waals surface area contributed by atoms with Gasteiger partial charge >= 0.3 is 0 Å². The number of halogens is 1. The van der Waals surface area contributed by atoms with Crippen LogP contribution in [0.15, 0.2) is 66.9 Å². The van der Waals surface area contributed by atoms with E-state index in [0.29, 0.717) is 18.3 Å². The maximum atomic E-state index is 12.4. The fourth-order valence-corrected chi connectivity index (χ4v) is 3.29. The topological polar surface area (TPSA) is 68.2 Å². The molecule has 2 aromatic carbocycles. The van der Waals surface area contributed by atoms with Crippen LogP contribution in [-0.4, -0.2) is 28.8 Å². The van der Waals surface area contributed by atoms with Gasteiger partial charge in [0.1, 0.15) is 17.2 Å². The molecular formula is C22H25ClN4O2. The van der Waals surface area contributed by atoms with E-state index in [1.54, 1.807) is 6.07 Å². The fraction of sp³-hybridized carbons (Fsp3) is 0.273. The molecule has 1 aliphatic rings. The standard InChI is InChI=1S/C22H24N4O2.ClH/c27-22(21-12-14-26(25-21)18-5-4-13-23-16-18)24-15-17-8-10-20(11-9-17)28-19-6-2-1-3-7-19;/h1-3,6-12,14,18,23H,4-5,13,15-16H2,(H,24,27);1H. The minimum Gasteiger partial charge on any atom is -0.457 e. The van der Waals surface area contributed by atoms with Crippen molar-refractivity contribution in [2.75, 3.05) is 13.1 Å². The highest BCUT2D eigenvalue weighted by atomic mass is 35.5. The zero-order valence-corrected chi connectivity index (χ0v) is 16.9. The van der Waals surface area contributed by atoms with Crippen molar-refractivity contribution < 1.29 is 9.53 Å². The number of para-hydroxylation sites is 1. The van der Waals surface area contributed by atoms with Crippen LogP contribution in [0.3, 0.4) is 0 Å². The number of ether oxygens (including phenoxy) is 1. The quantitative estimate of drug-likeness (QED) is 0.643. The summed E-state index contributed by atoms with van der Waals surface area (Å²) in [6.07, 6.45) is 4.12. The summed E-state index contributed by atoms with van der Waals surface area (Å²) in [6.45, 7) is 2.41. The summed E-state index contributed by atoms with van der Waals surface area (Å²) >= 11 is 0. The van der Waals surface area contributed by atoms with Crippen LogP contribution >= 0.6 is 12.4 Å². The maximum Gasteiger partial charge on any atom is 0.272 e. The number of hydrogen-bond acceptors (Lipinski definition) is 4. The molecule has 0 saturated carbocycles. The zero-order valence-electron chi connectivity index (χ0n) is 16.1. The Bertz CT molecular complexity index is 906. The van der Waals surface area contributed by atoms with E-state index in [1.165, 1.54) is 0 Å². The molecule has 0 radical (unpaired) electrons. The first-order valence-corrected chi connectivity index (χ1v) is 9.64. The van der Waals surface area contributed by atoms with Crippen molar-refractivity contribution in [1.82, 2.24) is 20.4 Å². The number of rotatable bonds is 6. The smallest absolute Gasteiger partial charge is 0.272 e. The van der Waals surface area contributed by atoms with Gasteiger partial charge in [0.2, 0.25) is 0 Å². The number of carbonyl (C=O) groups excluding carboxylic acids is 1. The average Bonchev–Trinajstić information content (AvgIpc) is 3.25. The number of nitrogens with zero attached hydrogens (tertiary/aromatic N) is 2. The van der Waals surface area contributed by atoms with Gasteiger partial charge in [-0.25, -0.2) is 0 Å². The molecule has 0 spiro atoms. The van der Waals surface area contributed by atoms with Crippen LogP contribution in [0, 0.1) is 0 Å². The molecular weight excluding hydrogens is 388 g/mol. The summed E-state index contributed by atoms with van der Waals surface area (Å²) in [5.41, 5.74) is 1.46. The molecule has 2 N–H and O–H groups in total. The van der Waals surface area contributed by atoms with Crippen molar-refractivity contribution in [1.29, 1.82) is 0 Å². The second-order valence-corrected chi connectivity index (χ2v) is 6.92. The van der Waals surface area contributed by atoms with E-state index in [-0.39, 0.29) is 18.3 Å². The molecule has 29 heavy (non-hydrogen) atoms. The van der Waals surface area contributed by atoms with Gasteiger partial charge < -0.3 is 15.4 Å². The molecule has 1 amide bonds. The summed E-state index contributed by atoms with van der Waals surface area (Å²) in [5, 5.41) is 10.7. The van der Waals surface area contributed by atoms with Crippen molar-refractivity contribution in [3.63, 3.8) is 0 Å². The van der Waals surface area contributed by atoms with Gasteiger partial charge in [-0.3, -0.25) is 9.48 Å². The molecule has 1 aromatic heterocycles. The minimum absolute atomic E-state index is 0. The first kappa shape index (κ1) is 20.9. The van der Waals surface area contributed by atoms with Gasteiger partial charge in [-0.05, 0) is 55.3 Å². The van der Waals surface area contributed by atoms with Crippen molar-refractivity contribution in [2.45, 2.75) is 25.4 Å². The third-order valence-electron chi connectivity index (χ3n) is 4.84. The molecule has 4 rings (SSSR count). The lowest BCUT2D eigenvalue weighted by Crippen LogP contribution is -2.32. The summed E-state index contributed by atoms with van der Waals surface area (Å²) in [7, 11) is 0. The zero-order chi connectivity index (χ0) is 19.2. The highest BCUT2D eigenvalue weighted by Gasteiger charge is 2.17. The van der Waals surface area contributed by atoms with Crippen LogP contribution in [0.4, 0.5) is 0 Å². The predicted octanol–water partition coefficient (Wildman–Crippen LogP) is 3.95. The van der Waals surface area contributed by atoms with Gasteiger partial charge in [-0.2, -0.15) is 5.10 Å². The Kier molecular flexibility index (Phi) is 7.27. The van der Waals surface area contributed by atoms with Crippen LogP contribution < -0.4 is 15.4 Å².